The standard InChI is InChI=1S/C26H29ClN2O5.C2H6/c1-4-6-8-19(28-25(7-5-2)33-20-11-9-18(27)10-12-20)14-22-21-15-23(32-16-26(30)31)17(3)13-24(21)34-29-22;1-2/h5,7,9-15,25,28H,4,6,8,16H2,1-3H3,(H,30,31);1-2H3/b7-5-,19-14+;. The Bertz CT molecular complexity index is 1170. The van der Waals surface area contributed by atoms with Crippen LogP contribution in [0.3, 0.4) is 0 Å². The van der Waals surface area contributed by atoms with Gasteiger partial charge in [-0.25, -0.2) is 4.79 Å². The predicted molar refractivity (Wildman–Crippen MR) is 145 cm³/mol. The zero-order valence-electron chi connectivity index (χ0n) is 21.5. The van der Waals surface area contributed by atoms with Crippen molar-refractivity contribution in [1.29, 1.82) is 0 Å². The van der Waals surface area contributed by atoms with Crippen LogP contribution in [0.2, 0.25) is 5.02 Å². The van der Waals surface area contributed by atoms with Crippen molar-refractivity contribution in [3.8, 4) is 11.5 Å². The first-order valence-electron chi connectivity index (χ1n) is 12.2. The quantitative estimate of drug-likeness (QED) is 0.192. The third kappa shape index (κ3) is 8.64. The number of aliphatic carboxylic acids is 1. The van der Waals surface area contributed by atoms with Crippen molar-refractivity contribution in [3.63, 3.8) is 0 Å². The van der Waals surface area contributed by atoms with Gasteiger partial charge in [0.15, 0.2) is 18.4 Å². The largest absolute Gasteiger partial charge is 0.482 e. The second-order valence-electron chi connectivity index (χ2n) is 7.80. The molecule has 194 valence electrons. The van der Waals surface area contributed by atoms with E-state index in [4.69, 9.17) is 30.7 Å². The molecule has 0 aliphatic rings. The molecule has 0 aliphatic carbocycles. The molecule has 8 heteroatoms. The van der Waals surface area contributed by atoms with E-state index in [1.165, 1.54) is 0 Å². The fraction of sp³-hybridized carbons (Fsp3) is 0.357. The SMILES string of the molecule is C/C=C\C(N/C(=C/c1noc2cc(C)c(OCC(=O)O)cc12)CCCC)Oc1ccc(Cl)cc1.CC. The Labute approximate surface area is 217 Å². The molecule has 0 spiro atoms. The second-order valence-corrected chi connectivity index (χ2v) is 8.24. The number of nitrogens with zero attached hydrogens (tertiary/aromatic N) is 1. The molecule has 3 rings (SSSR count). The average Bonchev–Trinajstić information content (AvgIpc) is 3.24. The van der Waals surface area contributed by atoms with E-state index in [1.807, 2.05) is 58.1 Å². The lowest BCUT2D eigenvalue weighted by Crippen LogP contribution is -2.32. The van der Waals surface area contributed by atoms with Crippen molar-refractivity contribution in [2.24, 2.45) is 0 Å². The van der Waals surface area contributed by atoms with E-state index in [1.54, 1.807) is 24.3 Å². The maximum atomic E-state index is 10.9. The Morgan fingerprint density at radius 1 is 1.25 bits per heavy atom. The van der Waals surface area contributed by atoms with Crippen molar-refractivity contribution in [2.75, 3.05) is 6.61 Å². The van der Waals surface area contributed by atoms with Crippen LogP contribution in [0, 0.1) is 6.92 Å². The highest BCUT2D eigenvalue weighted by Gasteiger charge is 2.14. The van der Waals surface area contributed by atoms with Gasteiger partial charge in [-0.2, -0.15) is 0 Å². The van der Waals surface area contributed by atoms with Gasteiger partial charge in [-0.15, -0.1) is 0 Å². The molecule has 2 aromatic carbocycles. The van der Waals surface area contributed by atoms with Crippen molar-refractivity contribution in [2.45, 2.75) is 60.1 Å². The number of fused-ring (bicyclic) bond motifs is 1. The number of nitrogens with one attached hydrogen (secondary N) is 1. The summed E-state index contributed by atoms with van der Waals surface area (Å²) in [5, 5.41) is 18.0. The summed E-state index contributed by atoms with van der Waals surface area (Å²) in [6.45, 7) is 9.48. The summed E-state index contributed by atoms with van der Waals surface area (Å²) in [5.41, 5.74) is 2.93. The first-order valence-corrected chi connectivity index (χ1v) is 12.5. The number of carbonyl (C=O) groups is 1. The Kier molecular flexibility index (Phi) is 11.9. The van der Waals surface area contributed by atoms with Gasteiger partial charge in [-0.3, -0.25) is 0 Å². The van der Waals surface area contributed by atoms with E-state index in [2.05, 4.69) is 17.4 Å². The molecular formula is C28H35ClN2O5. The number of unbranched alkanes of at least 4 members (excludes halogenated alkanes) is 1. The van der Waals surface area contributed by atoms with Gasteiger partial charge in [-0.1, -0.05) is 50.0 Å². The number of hydrogen-bond donors (Lipinski definition) is 2. The summed E-state index contributed by atoms with van der Waals surface area (Å²) < 4.78 is 17.1. The molecule has 1 unspecified atom stereocenters. The fourth-order valence-corrected chi connectivity index (χ4v) is 3.46. The Morgan fingerprint density at radius 2 is 1.97 bits per heavy atom. The van der Waals surface area contributed by atoms with Crippen LogP contribution >= 0.6 is 11.6 Å². The molecule has 1 atom stereocenters. The van der Waals surface area contributed by atoms with Crippen LogP contribution < -0.4 is 14.8 Å². The molecule has 0 fully saturated rings. The number of halogens is 1. The summed E-state index contributed by atoms with van der Waals surface area (Å²) in [5.74, 6) is 0.137. The number of carboxylic acid groups (broad SMARTS) is 1. The molecule has 0 amide bonds. The number of aromatic nitrogens is 1. The van der Waals surface area contributed by atoms with Crippen LogP contribution in [-0.2, 0) is 4.79 Å². The molecule has 0 bridgehead atoms. The van der Waals surface area contributed by atoms with Gasteiger partial charge in [0.1, 0.15) is 17.2 Å². The van der Waals surface area contributed by atoms with Gasteiger partial charge >= 0.3 is 5.97 Å². The minimum atomic E-state index is -1.04. The van der Waals surface area contributed by atoms with E-state index < -0.39 is 18.8 Å². The van der Waals surface area contributed by atoms with E-state index in [0.717, 1.165) is 35.9 Å². The third-order valence-corrected chi connectivity index (χ3v) is 5.28. The number of benzene rings is 2. The summed E-state index contributed by atoms with van der Waals surface area (Å²) in [6.07, 6.45) is 8.17. The summed E-state index contributed by atoms with van der Waals surface area (Å²) in [6, 6.07) is 10.8. The van der Waals surface area contributed by atoms with Gasteiger partial charge in [0, 0.05) is 10.7 Å². The number of carboxylic acids is 1. The van der Waals surface area contributed by atoms with Gasteiger partial charge in [0.05, 0.1) is 5.39 Å². The van der Waals surface area contributed by atoms with Crippen molar-refractivity contribution in [3.05, 3.63) is 70.5 Å². The van der Waals surface area contributed by atoms with Crippen molar-refractivity contribution >= 4 is 34.6 Å². The smallest absolute Gasteiger partial charge is 0.341 e. The highest BCUT2D eigenvalue weighted by Crippen LogP contribution is 2.29. The summed E-state index contributed by atoms with van der Waals surface area (Å²) >= 11 is 5.99. The molecule has 0 radical (unpaired) electrons. The first-order chi connectivity index (χ1) is 17.4. The van der Waals surface area contributed by atoms with Crippen LogP contribution in [0.5, 0.6) is 11.5 Å². The zero-order valence-corrected chi connectivity index (χ0v) is 22.3. The molecule has 0 aliphatic heterocycles. The summed E-state index contributed by atoms with van der Waals surface area (Å²) in [4.78, 5) is 10.9. The van der Waals surface area contributed by atoms with Crippen LogP contribution in [0.4, 0.5) is 0 Å². The molecule has 1 aromatic heterocycles. The monoisotopic (exact) mass is 514 g/mol. The maximum absolute atomic E-state index is 10.9. The van der Waals surface area contributed by atoms with E-state index in [-0.39, 0.29) is 0 Å². The van der Waals surface area contributed by atoms with Gasteiger partial charge < -0.3 is 24.4 Å². The van der Waals surface area contributed by atoms with Crippen LogP contribution in [0.1, 0.15) is 58.2 Å². The van der Waals surface area contributed by atoms with Crippen molar-refractivity contribution in [1.82, 2.24) is 10.5 Å². The number of aryl methyl sites for hydroxylation is 1. The number of hydrogen-bond acceptors (Lipinski definition) is 6. The van der Waals surface area contributed by atoms with Crippen molar-refractivity contribution < 1.29 is 23.9 Å². The average molecular weight is 515 g/mol. The van der Waals surface area contributed by atoms with Crippen LogP contribution in [0.15, 0.2) is 58.8 Å². The molecule has 0 saturated heterocycles. The minimum absolute atomic E-state index is 0.399. The second kappa shape index (κ2) is 14.8. The zero-order chi connectivity index (χ0) is 26.5. The van der Waals surface area contributed by atoms with Gasteiger partial charge in [0.25, 0.3) is 0 Å². The molecule has 3 aromatic rings. The maximum Gasteiger partial charge on any atom is 0.341 e. The first kappa shape index (κ1) is 28.8. The number of allylic oxidation sites excluding steroid dienone is 2. The van der Waals surface area contributed by atoms with E-state index in [9.17, 15) is 4.79 Å². The number of ether oxygens (including phenoxy) is 2. The topological polar surface area (TPSA) is 93.8 Å². The van der Waals surface area contributed by atoms with E-state index >= 15 is 0 Å². The molecule has 7 nitrogen and oxygen atoms in total. The predicted octanol–water partition coefficient (Wildman–Crippen LogP) is 7.38. The lowest BCUT2D eigenvalue weighted by molar-refractivity contribution is -0.139. The Morgan fingerprint density at radius 3 is 2.61 bits per heavy atom. The minimum Gasteiger partial charge on any atom is -0.482 e. The molecule has 2 N–H and O–H groups in total. The van der Waals surface area contributed by atoms with E-state index in [0.29, 0.717) is 27.8 Å². The van der Waals surface area contributed by atoms with Gasteiger partial charge in [-0.05, 0) is 80.8 Å². The highest BCUT2D eigenvalue weighted by molar-refractivity contribution is 6.30. The van der Waals surface area contributed by atoms with Crippen LogP contribution in [0.25, 0.3) is 17.0 Å². The number of rotatable bonds is 12. The molecule has 0 saturated carbocycles. The van der Waals surface area contributed by atoms with Gasteiger partial charge in [0.2, 0.25) is 0 Å². The lowest BCUT2D eigenvalue weighted by atomic mass is 10.1. The van der Waals surface area contributed by atoms with Crippen LogP contribution in [-0.4, -0.2) is 29.1 Å². The molecular weight excluding hydrogens is 480 g/mol. The lowest BCUT2D eigenvalue weighted by Gasteiger charge is -2.20. The Hall–Kier alpha value is -3.45. The third-order valence-electron chi connectivity index (χ3n) is 5.03. The normalized spacial score (nSPS) is 12.2. The Balaban J connectivity index is 0.00000222. The molecule has 1 heterocycles. The highest BCUT2D eigenvalue weighted by atomic mass is 35.5. The fourth-order valence-electron chi connectivity index (χ4n) is 3.34. The molecule has 36 heavy (non-hydrogen) atoms. The summed E-state index contributed by atoms with van der Waals surface area (Å²) in [7, 11) is 0.